The average Bonchev–Trinajstić information content (AvgIpc) is 2.73. The van der Waals surface area contributed by atoms with Gasteiger partial charge in [-0.3, -0.25) is 0 Å². The zero-order valence-electron chi connectivity index (χ0n) is 7.77. The van der Waals surface area contributed by atoms with Crippen molar-refractivity contribution in [2.45, 2.75) is 31.2 Å². The highest BCUT2D eigenvalue weighted by molar-refractivity contribution is 9.11. The van der Waals surface area contributed by atoms with E-state index in [1.165, 1.54) is 34.3 Å². The molecule has 2 rings (SSSR count). The summed E-state index contributed by atoms with van der Waals surface area (Å²) in [6, 6.07) is 4.40. The van der Waals surface area contributed by atoms with Crippen LogP contribution in [0.15, 0.2) is 15.9 Å². The number of hydrogen-bond acceptors (Lipinski definition) is 2. The largest absolute Gasteiger partial charge is 0.310 e. The lowest BCUT2D eigenvalue weighted by molar-refractivity contribution is 0.380. The van der Waals surface area contributed by atoms with Crippen LogP contribution in [-0.4, -0.2) is 7.05 Å². The predicted molar refractivity (Wildman–Crippen MR) is 61.2 cm³/mol. The SMILES string of the molecule is CNC1(c2ccc(Br)s2)CCCC1. The molecule has 0 radical (unpaired) electrons. The molecule has 1 aliphatic rings. The Morgan fingerprint density at radius 3 is 2.54 bits per heavy atom. The van der Waals surface area contributed by atoms with Crippen molar-refractivity contribution in [3.8, 4) is 0 Å². The van der Waals surface area contributed by atoms with Gasteiger partial charge < -0.3 is 5.32 Å². The first-order valence-corrected chi connectivity index (χ1v) is 6.32. The van der Waals surface area contributed by atoms with Crippen LogP contribution in [0.3, 0.4) is 0 Å². The molecular formula is C10H14BrNS. The van der Waals surface area contributed by atoms with Gasteiger partial charge in [-0.2, -0.15) is 0 Å². The zero-order chi connectivity index (χ0) is 9.31. The molecule has 0 spiro atoms. The second-order valence-corrected chi connectivity index (χ2v) is 6.11. The lowest BCUT2D eigenvalue weighted by atomic mass is 9.96. The third-order valence-corrected chi connectivity index (χ3v) is 4.81. The minimum Gasteiger partial charge on any atom is -0.310 e. The number of halogens is 1. The van der Waals surface area contributed by atoms with Crippen LogP contribution in [-0.2, 0) is 5.54 Å². The van der Waals surface area contributed by atoms with E-state index in [1.807, 2.05) is 11.3 Å². The summed E-state index contributed by atoms with van der Waals surface area (Å²) in [6.45, 7) is 0. The second kappa shape index (κ2) is 3.71. The van der Waals surface area contributed by atoms with E-state index in [0.717, 1.165) is 0 Å². The quantitative estimate of drug-likeness (QED) is 0.858. The Morgan fingerprint density at radius 1 is 1.38 bits per heavy atom. The Bertz CT molecular complexity index is 289. The highest BCUT2D eigenvalue weighted by Gasteiger charge is 2.34. The van der Waals surface area contributed by atoms with E-state index in [0.29, 0.717) is 0 Å². The van der Waals surface area contributed by atoms with E-state index >= 15 is 0 Å². The maximum atomic E-state index is 3.52. The Balaban J connectivity index is 2.30. The van der Waals surface area contributed by atoms with Crippen LogP contribution in [0, 0.1) is 0 Å². The van der Waals surface area contributed by atoms with Crippen molar-refractivity contribution in [3.63, 3.8) is 0 Å². The molecule has 0 bridgehead atoms. The molecule has 3 heteroatoms. The third-order valence-electron chi connectivity index (χ3n) is 2.98. The van der Waals surface area contributed by atoms with E-state index in [1.54, 1.807) is 0 Å². The van der Waals surface area contributed by atoms with Crippen LogP contribution >= 0.6 is 27.3 Å². The van der Waals surface area contributed by atoms with Crippen LogP contribution < -0.4 is 5.32 Å². The molecule has 0 aromatic carbocycles. The third kappa shape index (κ3) is 1.69. The Hall–Kier alpha value is 0.140. The summed E-state index contributed by atoms with van der Waals surface area (Å²) >= 11 is 5.39. The van der Waals surface area contributed by atoms with Crippen molar-refractivity contribution in [1.29, 1.82) is 0 Å². The zero-order valence-corrected chi connectivity index (χ0v) is 10.2. The van der Waals surface area contributed by atoms with E-state index in [4.69, 9.17) is 0 Å². The first-order valence-electron chi connectivity index (χ1n) is 4.72. The van der Waals surface area contributed by atoms with E-state index < -0.39 is 0 Å². The second-order valence-electron chi connectivity index (χ2n) is 3.64. The molecule has 13 heavy (non-hydrogen) atoms. The fraction of sp³-hybridized carbons (Fsp3) is 0.600. The molecule has 0 unspecified atom stereocenters. The van der Waals surface area contributed by atoms with Crippen molar-refractivity contribution in [2.75, 3.05) is 7.05 Å². The van der Waals surface area contributed by atoms with E-state index in [9.17, 15) is 0 Å². The van der Waals surface area contributed by atoms with Gasteiger partial charge in [-0.05, 0) is 48.0 Å². The first-order chi connectivity index (χ1) is 6.27. The summed E-state index contributed by atoms with van der Waals surface area (Å²) in [7, 11) is 2.08. The van der Waals surface area contributed by atoms with Crippen molar-refractivity contribution in [2.24, 2.45) is 0 Å². The van der Waals surface area contributed by atoms with Crippen LogP contribution in [0.5, 0.6) is 0 Å². The van der Waals surface area contributed by atoms with Gasteiger partial charge in [0, 0.05) is 4.88 Å². The van der Waals surface area contributed by atoms with Crippen molar-refractivity contribution < 1.29 is 0 Å². The molecule has 0 saturated heterocycles. The van der Waals surface area contributed by atoms with Gasteiger partial charge in [-0.1, -0.05) is 12.8 Å². The van der Waals surface area contributed by atoms with Crippen molar-refractivity contribution >= 4 is 27.3 Å². The molecule has 1 aliphatic carbocycles. The van der Waals surface area contributed by atoms with Crippen LogP contribution in [0.25, 0.3) is 0 Å². The fourth-order valence-electron chi connectivity index (χ4n) is 2.17. The normalized spacial score (nSPS) is 20.8. The van der Waals surface area contributed by atoms with Gasteiger partial charge in [0.15, 0.2) is 0 Å². The molecule has 1 fully saturated rings. The monoisotopic (exact) mass is 259 g/mol. The smallest absolute Gasteiger partial charge is 0.0702 e. The maximum Gasteiger partial charge on any atom is 0.0702 e. The molecule has 1 N–H and O–H groups in total. The lowest BCUT2D eigenvalue weighted by Gasteiger charge is -2.27. The fourth-order valence-corrected chi connectivity index (χ4v) is 3.81. The Kier molecular flexibility index (Phi) is 2.77. The highest BCUT2D eigenvalue weighted by Crippen LogP contribution is 2.42. The maximum absolute atomic E-state index is 3.52. The minimum atomic E-state index is 0.288. The van der Waals surface area contributed by atoms with Gasteiger partial charge in [-0.25, -0.2) is 0 Å². The van der Waals surface area contributed by atoms with E-state index in [2.05, 4.69) is 40.4 Å². The Morgan fingerprint density at radius 2 is 2.08 bits per heavy atom. The molecule has 0 amide bonds. The summed E-state index contributed by atoms with van der Waals surface area (Å²) in [5, 5.41) is 3.50. The van der Waals surface area contributed by atoms with Crippen LogP contribution in [0.1, 0.15) is 30.6 Å². The predicted octanol–water partition coefficient (Wildman–Crippen LogP) is 3.50. The average molecular weight is 260 g/mol. The lowest BCUT2D eigenvalue weighted by Crippen LogP contribution is -2.35. The molecule has 1 heterocycles. The molecule has 1 aromatic heterocycles. The van der Waals surface area contributed by atoms with Gasteiger partial charge in [0.25, 0.3) is 0 Å². The molecule has 1 nitrogen and oxygen atoms in total. The standard InChI is InChI=1S/C10H14BrNS/c1-12-10(6-2-3-7-10)8-4-5-9(11)13-8/h4-5,12H,2-3,6-7H2,1H3. The summed E-state index contributed by atoms with van der Waals surface area (Å²) in [5.41, 5.74) is 0.288. The number of nitrogens with one attached hydrogen (secondary N) is 1. The van der Waals surface area contributed by atoms with Gasteiger partial charge in [0.1, 0.15) is 0 Å². The van der Waals surface area contributed by atoms with E-state index in [-0.39, 0.29) is 5.54 Å². The topological polar surface area (TPSA) is 12.0 Å². The number of hydrogen-bond donors (Lipinski definition) is 1. The molecule has 1 aromatic rings. The molecule has 0 aliphatic heterocycles. The van der Waals surface area contributed by atoms with Crippen molar-refractivity contribution in [3.05, 3.63) is 20.8 Å². The Labute approximate surface area is 91.7 Å². The molecule has 1 saturated carbocycles. The van der Waals surface area contributed by atoms with Gasteiger partial charge in [-0.15, -0.1) is 11.3 Å². The van der Waals surface area contributed by atoms with Crippen LogP contribution in [0.2, 0.25) is 0 Å². The van der Waals surface area contributed by atoms with Crippen molar-refractivity contribution in [1.82, 2.24) is 5.32 Å². The summed E-state index contributed by atoms with van der Waals surface area (Å²) in [6.07, 6.45) is 5.29. The number of rotatable bonds is 2. The van der Waals surface area contributed by atoms with Gasteiger partial charge in [0.05, 0.1) is 9.33 Å². The van der Waals surface area contributed by atoms with Crippen LogP contribution in [0.4, 0.5) is 0 Å². The molecule has 72 valence electrons. The highest BCUT2D eigenvalue weighted by atomic mass is 79.9. The first kappa shape index (κ1) is 9.69. The number of thiophene rings is 1. The molecule has 0 atom stereocenters. The summed E-state index contributed by atoms with van der Waals surface area (Å²) in [5.74, 6) is 0. The summed E-state index contributed by atoms with van der Waals surface area (Å²) < 4.78 is 1.24. The molecular weight excluding hydrogens is 246 g/mol. The summed E-state index contributed by atoms with van der Waals surface area (Å²) in [4.78, 5) is 1.49. The van der Waals surface area contributed by atoms with Gasteiger partial charge >= 0.3 is 0 Å². The van der Waals surface area contributed by atoms with Gasteiger partial charge in [0.2, 0.25) is 0 Å². The minimum absolute atomic E-state index is 0.288.